The fourth-order valence-electron chi connectivity index (χ4n) is 1.44. The Morgan fingerprint density at radius 3 is 2.67 bits per heavy atom. The molecule has 0 saturated carbocycles. The van der Waals surface area contributed by atoms with Crippen molar-refractivity contribution in [3.8, 4) is 5.75 Å². The van der Waals surface area contributed by atoms with E-state index in [1.165, 1.54) is 11.0 Å². The number of nitrogens with one attached hydrogen (secondary N) is 1. The van der Waals surface area contributed by atoms with Crippen molar-refractivity contribution in [2.45, 2.75) is 0 Å². The molecule has 0 aliphatic rings. The van der Waals surface area contributed by atoms with Crippen molar-refractivity contribution >= 4 is 0 Å². The molecule has 0 bridgehead atoms. The van der Waals surface area contributed by atoms with Crippen molar-refractivity contribution in [3.63, 3.8) is 0 Å². The molecule has 1 aromatic carbocycles. The van der Waals surface area contributed by atoms with Crippen molar-refractivity contribution in [1.82, 2.24) is 0 Å². The Kier molecular flexibility index (Phi) is 7.32. The predicted octanol–water partition coefficient (Wildman–Crippen LogP) is -0.272. The number of ether oxygens (including phenoxy) is 2. The van der Waals surface area contributed by atoms with Gasteiger partial charge < -0.3 is 19.5 Å². The minimum atomic E-state index is -0.357. The number of hydrogen-bond donors (Lipinski definition) is 2. The lowest BCUT2D eigenvalue weighted by Crippen LogP contribution is -3.10. The van der Waals surface area contributed by atoms with Crippen molar-refractivity contribution in [2.75, 3.05) is 46.6 Å². The first-order valence-corrected chi connectivity index (χ1v) is 6.11. The van der Waals surface area contributed by atoms with Gasteiger partial charge in [0.05, 0.1) is 26.9 Å². The first kappa shape index (κ1) is 14.9. The third kappa shape index (κ3) is 5.95. The lowest BCUT2D eigenvalue weighted by atomic mass is 10.3. The smallest absolute Gasteiger partial charge is 0.165 e. The van der Waals surface area contributed by atoms with Gasteiger partial charge in [-0.15, -0.1) is 0 Å². The molecular formula is C13H21FNO3+. The van der Waals surface area contributed by atoms with Gasteiger partial charge in [0.15, 0.2) is 11.6 Å². The van der Waals surface area contributed by atoms with Gasteiger partial charge in [0.25, 0.3) is 0 Å². The number of quaternary nitrogens is 1. The fourth-order valence-corrected chi connectivity index (χ4v) is 1.44. The maximum absolute atomic E-state index is 13.2. The van der Waals surface area contributed by atoms with Gasteiger partial charge in [-0.3, -0.25) is 0 Å². The highest BCUT2D eigenvalue weighted by atomic mass is 19.1. The molecule has 0 spiro atoms. The van der Waals surface area contributed by atoms with Crippen LogP contribution in [0.2, 0.25) is 0 Å². The van der Waals surface area contributed by atoms with Crippen LogP contribution in [0.3, 0.4) is 0 Å². The maximum Gasteiger partial charge on any atom is 0.165 e. The average Bonchev–Trinajstić information content (AvgIpc) is 2.36. The summed E-state index contributed by atoms with van der Waals surface area (Å²) in [6, 6.07) is 6.31. The van der Waals surface area contributed by atoms with E-state index in [1.807, 2.05) is 7.05 Å². The lowest BCUT2D eigenvalue weighted by Gasteiger charge is -2.12. The summed E-state index contributed by atoms with van der Waals surface area (Å²) in [5.41, 5.74) is 0. The van der Waals surface area contributed by atoms with Gasteiger partial charge >= 0.3 is 0 Å². The van der Waals surface area contributed by atoms with Crippen LogP contribution >= 0.6 is 0 Å². The lowest BCUT2D eigenvalue weighted by molar-refractivity contribution is -0.880. The first-order chi connectivity index (χ1) is 8.74. The minimum Gasteiger partial charge on any atom is -0.488 e. The number of likely N-dealkylation sites (N-methyl/N-ethyl adjacent to an activating group) is 1. The zero-order valence-corrected chi connectivity index (χ0v) is 10.7. The van der Waals surface area contributed by atoms with Gasteiger partial charge in [0.2, 0.25) is 0 Å². The second-order valence-corrected chi connectivity index (χ2v) is 4.07. The second kappa shape index (κ2) is 8.85. The summed E-state index contributed by atoms with van der Waals surface area (Å²) in [6.45, 7) is 3.10. The molecule has 18 heavy (non-hydrogen) atoms. The molecule has 0 aliphatic heterocycles. The van der Waals surface area contributed by atoms with Crippen LogP contribution < -0.4 is 9.64 Å². The van der Waals surface area contributed by atoms with E-state index in [9.17, 15) is 4.39 Å². The van der Waals surface area contributed by atoms with E-state index in [2.05, 4.69) is 0 Å². The third-order valence-corrected chi connectivity index (χ3v) is 2.53. The van der Waals surface area contributed by atoms with E-state index in [0.717, 1.165) is 13.1 Å². The Labute approximate surface area is 107 Å². The summed E-state index contributed by atoms with van der Waals surface area (Å²) < 4.78 is 23.8. The Hall–Kier alpha value is -1.17. The normalized spacial score (nSPS) is 12.4. The van der Waals surface area contributed by atoms with Crippen molar-refractivity contribution < 1.29 is 23.9 Å². The topological polar surface area (TPSA) is 43.1 Å². The molecule has 0 aromatic heterocycles. The van der Waals surface area contributed by atoms with E-state index in [4.69, 9.17) is 14.6 Å². The minimum absolute atomic E-state index is 0.183. The maximum atomic E-state index is 13.2. The molecule has 5 heteroatoms. The molecule has 0 fully saturated rings. The molecule has 0 amide bonds. The van der Waals surface area contributed by atoms with Gasteiger partial charge in [-0.2, -0.15) is 0 Å². The van der Waals surface area contributed by atoms with E-state index in [-0.39, 0.29) is 18.2 Å². The Morgan fingerprint density at radius 2 is 1.94 bits per heavy atom. The Balaban J connectivity index is 2.04. The molecule has 2 N–H and O–H groups in total. The van der Waals surface area contributed by atoms with Crippen LogP contribution in [-0.4, -0.2) is 51.7 Å². The van der Waals surface area contributed by atoms with Crippen LogP contribution in [0.25, 0.3) is 0 Å². The molecule has 0 aliphatic carbocycles. The molecule has 1 unspecified atom stereocenters. The number of halogens is 1. The summed E-state index contributed by atoms with van der Waals surface area (Å²) in [7, 11) is 2.00. The highest BCUT2D eigenvalue weighted by Gasteiger charge is 2.02. The Bertz CT molecular complexity index is 336. The summed E-state index contributed by atoms with van der Waals surface area (Å²) in [6.07, 6.45) is 0. The monoisotopic (exact) mass is 258 g/mol. The van der Waals surface area contributed by atoms with Gasteiger partial charge in [0.1, 0.15) is 19.7 Å². The van der Waals surface area contributed by atoms with Crippen LogP contribution in [0.5, 0.6) is 5.75 Å². The summed E-state index contributed by atoms with van der Waals surface area (Å²) >= 11 is 0. The van der Waals surface area contributed by atoms with Gasteiger partial charge in [-0.25, -0.2) is 4.39 Å². The van der Waals surface area contributed by atoms with Crippen molar-refractivity contribution in [3.05, 3.63) is 30.1 Å². The average molecular weight is 258 g/mol. The van der Waals surface area contributed by atoms with E-state index in [1.54, 1.807) is 18.2 Å². The molecule has 1 aromatic rings. The molecule has 1 atom stereocenters. The van der Waals surface area contributed by atoms with Crippen LogP contribution in [0.4, 0.5) is 4.39 Å². The zero-order chi connectivity index (χ0) is 13.2. The van der Waals surface area contributed by atoms with Crippen LogP contribution in [0, 0.1) is 5.82 Å². The summed E-state index contributed by atoms with van der Waals surface area (Å²) in [5, 5.41) is 8.71. The van der Waals surface area contributed by atoms with Crippen molar-refractivity contribution in [1.29, 1.82) is 0 Å². The standard InChI is InChI=1S/C13H20FNO3/c1-15(6-8-16)7-9-17-10-11-18-13-5-3-2-4-12(13)14/h2-5,16H,6-11H2,1H3/p+1. The zero-order valence-electron chi connectivity index (χ0n) is 10.7. The van der Waals surface area contributed by atoms with Crippen LogP contribution in [-0.2, 0) is 4.74 Å². The number of rotatable bonds is 9. The largest absolute Gasteiger partial charge is 0.488 e. The number of aliphatic hydroxyl groups excluding tert-OH is 1. The highest BCUT2D eigenvalue weighted by Crippen LogP contribution is 2.14. The fraction of sp³-hybridized carbons (Fsp3) is 0.538. The summed E-state index contributed by atoms with van der Waals surface area (Å²) in [4.78, 5) is 1.22. The molecule has 0 heterocycles. The van der Waals surface area contributed by atoms with Crippen LogP contribution in [0.15, 0.2) is 24.3 Å². The van der Waals surface area contributed by atoms with E-state index in [0.29, 0.717) is 19.8 Å². The number of benzene rings is 1. The first-order valence-electron chi connectivity index (χ1n) is 6.11. The van der Waals surface area contributed by atoms with Gasteiger partial charge in [0, 0.05) is 0 Å². The highest BCUT2D eigenvalue weighted by molar-refractivity contribution is 5.23. The van der Waals surface area contributed by atoms with Crippen LogP contribution in [0.1, 0.15) is 0 Å². The quantitative estimate of drug-likeness (QED) is 0.599. The second-order valence-electron chi connectivity index (χ2n) is 4.07. The number of para-hydroxylation sites is 1. The summed E-state index contributed by atoms with van der Waals surface area (Å²) in [5.74, 6) is -0.103. The van der Waals surface area contributed by atoms with Crippen molar-refractivity contribution in [2.24, 2.45) is 0 Å². The molecule has 1 rings (SSSR count). The predicted molar refractivity (Wildman–Crippen MR) is 66.4 cm³/mol. The molecule has 102 valence electrons. The van der Waals surface area contributed by atoms with Gasteiger partial charge in [-0.1, -0.05) is 12.1 Å². The third-order valence-electron chi connectivity index (χ3n) is 2.53. The van der Waals surface area contributed by atoms with E-state index >= 15 is 0 Å². The molecule has 4 nitrogen and oxygen atoms in total. The number of hydrogen-bond acceptors (Lipinski definition) is 3. The van der Waals surface area contributed by atoms with Gasteiger partial charge in [-0.05, 0) is 12.1 Å². The Morgan fingerprint density at radius 1 is 1.17 bits per heavy atom. The molecular weight excluding hydrogens is 237 g/mol. The van der Waals surface area contributed by atoms with E-state index < -0.39 is 0 Å². The number of aliphatic hydroxyl groups is 1. The SMILES string of the molecule is C[NH+](CCO)CCOCCOc1ccccc1F. The molecule has 0 saturated heterocycles. The molecule has 0 radical (unpaired) electrons.